The predicted molar refractivity (Wildman–Crippen MR) is 116 cm³/mol. The largest absolute Gasteiger partial charge is 0.493 e. The molecule has 2 aromatic carbocycles. The van der Waals surface area contributed by atoms with Gasteiger partial charge in [-0.1, -0.05) is 17.7 Å². The summed E-state index contributed by atoms with van der Waals surface area (Å²) < 4.78 is 17.0. The first kappa shape index (κ1) is 22.9. The van der Waals surface area contributed by atoms with Gasteiger partial charge in [0.05, 0.1) is 25.9 Å². The van der Waals surface area contributed by atoms with Crippen molar-refractivity contribution in [2.45, 2.75) is 46.6 Å². The van der Waals surface area contributed by atoms with Gasteiger partial charge in [0.15, 0.2) is 11.5 Å². The highest BCUT2D eigenvalue weighted by molar-refractivity contribution is 6.30. The fourth-order valence-corrected chi connectivity index (χ4v) is 3.15. The van der Waals surface area contributed by atoms with Crippen LogP contribution in [0.3, 0.4) is 0 Å². The SMILES string of the molecule is CCOc1ccc(C(C)NC(=O)CCCOc2ccc(Cl)cc2C)cc1OCC. The molecule has 0 aliphatic carbocycles. The van der Waals surface area contributed by atoms with Crippen LogP contribution in [0.5, 0.6) is 17.2 Å². The molecule has 0 fully saturated rings. The summed E-state index contributed by atoms with van der Waals surface area (Å²) in [5, 5.41) is 3.71. The van der Waals surface area contributed by atoms with E-state index >= 15 is 0 Å². The number of rotatable bonds is 11. The molecule has 2 aromatic rings. The van der Waals surface area contributed by atoms with Gasteiger partial charge < -0.3 is 19.5 Å². The zero-order valence-electron chi connectivity index (χ0n) is 17.6. The molecule has 0 aromatic heterocycles. The van der Waals surface area contributed by atoms with Gasteiger partial charge in [0.1, 0.15) is 5.75 Å². The Morgan fingerprint density at radius 1 is 1.00 bits per heavy atom. The van der Waals surface area contributed by atoms with Crippen LogP contribution in [-0.2, 0) is 4.79 Å². The Labute approximate surface area is 178 Å². The van der Waals surface area contributed by atoms with Gasteiger partial charge in [0, 0.05) is 11.4 Å². The van der Waals surface area contributed by atoms with E-state index in [1.165, 1.54) is 0 Å². The number of amides is 1. The third kappa shape index (κ3) is 7.17. The summed E-state index contributed by atoms with van der Waals surface area (Å²) >= 11 is 5.95. The summed E-state index contributed by atoms with van der Waals surface area (Å²) in [5.41, 5.74) is 1.95. The number of nitrogens with one attached hydrogen (secondary N) is 1. The average Bonchev–Trinajstić information content (AvgIpc) is 2.68. The molecule has 158 valence electrons. The summed E-state index contributed by atoms with van der Waals surface area (Å²) in [4.78, 5) is 12.3. The van der Waals surface area contributed by atoms with Crippen LogP contribution in [0, 0.1) is 6.92 Å². The van der Waals surface area contributed by atoms with Crippen molar-refractivity contribution in [1.29, 1.82) is 0 Å². The molecule has 0 radical (unpaired) electrons. The lowest BCUT2D eigenvalue weighted by atomic mass is 10.1. The summed E-state index contributed by atoms with van der Waals surface area (Å²) in [6.07, 6.45) is 1.03. The number of hydrogen-bond donors (Lipinski definition) is 1. The summed E-state index contributed by atoms with van der Waals surface area (Å²) in [6, 6.07) is 11.1. The van der Waals surface area contributed by atoms with E-state index in [1.54, 1.807) is 6.07 Å². The predicted octanol–water partition coefficient (Wildman–Crippen LogP) is 5.48. The van der Waals surface area contributed by atoms with Gasteiger partial charge in [-0.15, -0.1) is 0 Å². The first-order valence-corrected chi connectivity index (χ1v) is 10.4. The van der Waals surface area contributed by atoms with Crippen LogP contribution < -0.4 is 19.5 Å². The summed E-state index contributed by atoms with van der Waals surface area (Å²) in [6.45, 7) is 9.37. The van der Waals surface area contributed by atoms with E-state index in [2.05, 4.69) is 5.32 Å². The van der Waals surface area contributed by atoms with Crippen molar-refractivity contribution in [2.75, 3.05) is 19.8 Å². The first-order valence-electron chi connectivity index (χ1n) is 10.0. The Hall–Kier alpha value is -2.40. The van der Waals surface area contributed by atoms with Crippen molar-refractivity contribution in [3.05, 3.63) is 52.5 Å². The van der Waals surface area contributed by atoms with E-state index in [0.717, 1.165) is 16.9 Å². The smallest absolute Gasteiger partial charge is 0.220 e. The van der Waals surface area contributed by atoms with Gasteiger partial charge in [-0.2, -0.15) is 0 Å². The van der Waals surface area contributed by atoms with E-state index in [4.69, 9.17) is 25.8 Å². The molecule has 1 N–H and O–H groups in total. The Morgan fingerprint density at radius 3 is 2.38 bits per heavy atom. The highest BCUT2D eigenvalue weighted by Crippen LogP contribution is 2.30. The van der Waals surface area contributed by atoms with Crippen molar-refractivity contribution < 1.29 is 19.0 Å². The van der Waals surface area contributed by atoms with E-state index in [0.29, 0.717) is 49.2 Å². The van der Waals surface area contributed by atoms with E-state index < -0.39 is 0 Å². The van der Waals surface area contributed by atoms with E-state index in [9.17, 15) is 4.79 Å². The van der Waals surface area contributed by atoms with Crippen LogP contribution in [-0.4, -0.2) is 25.7 Å². The van der Waals surface area contributed by atoms with Gasteiger partial charge in [-0.05, 0) is 75.6 Å². The molecular formula is C23H30ClNO4. The van der Waals surface area contributed by atoms with Crippen molar-refractivity contribution in [3.63, 3.8) is 0 Å². The number of carbonyl (C=O) groups excluding carboxylic acids is 1. The normalized spacial score (nSPS) is 11.6. The molecule has 6 heteroatoms. The molecule has 29 heavy (non-hydrogen) atoms. The second kappa shape index (κ2) is 11.6. The Kier molecular flexibility index (Phi) is 9.13. The molecule has 0 heterocycles. The molecular weight excluding hydrogens is 390 g/mol. The van der Waals surface area contributed by atoms with Crippen LogP contribution >= 0.6 is 11.6 Å². The highest BCUT2D eigenvalue weighted by atomic mass is 35.5. The molecule has 1 atom stereocenters. The number of hydrogen-bond acceptors (Lipinski definition) is 4. The van der Waals surface area contributed by atoms with E-state index in [-0.39, 0.29) is 11.9 Å². The van der Waals surface area contributed by atoms with Crippen LogP contribution in [0.1, 0.15) is 50.8 Å². The van der Waals surface area contributed by atoms with Gasteiger partial charge >= 0.3 is 0 Å². The number of ether oxygens (including phenoxy) is 3. The number of carbonyl (C=O) groups is 1. The molecule has 0 saturated heterocycles. The lowest BCUT2D eigenvalue weighted by molar-refractivity contribution is -0.121. The fourth-order valence-electron chi connectivity index (χ4n) is 2.92. The molecule has 1 amide bonds. The highest BCUT2D eigenvalue weighted by Gasteiger charge is 2.13. The van der Waals surface area contributed by atoms with Gasteiger partial charge in [0.2, 0.25) is 5.91 Å². The minimum absolute atomic E-state index is 0.0132. The third-order valence-corrected chi connectivity index (χ3v) is 4.62. The maximum atomic E-state index is 12.3. The minimum Gasteiger partial charge on any atom is -0.493 e. The Balaban J connectivity index is 1.83. The van der Waals surface area contributed by atoms with Crippen molar-refractivity contribution >= 4 is 17.5 Å². The molecule has 0 bridgehead atoms. The zero-order valence-corrected chi connectivity index (χ0v) is 18.3. The number of aryl methyl sites for hydroxylation is 1. The average molecular weight is 420 g/mol. The summed E-state index contributed by atoms with van der Waals surface area (Å²) in [7, 11) is 0. The molecule has 5 nitrogen and oxygen atoms in total. The van der Waals surface area contributed by atoms with Crippen molar-refractivity contribution in [3.8, 4) is 17.2 Å². The lowest BCUT2D eigenvalue weighted by Crippen LogP contribution is -2.26. The van der Waals surface area contributed by atoms with Crippen molar-refractivity contribution in [1.82, 2.24) is 5.32 Å². The number of benzene rings is 2. The monoisotopic (exact) mass is 419 g/mol. The minimum atomic E-state index is -0.128. The third-order valence-electron chi connectivity index (χ3n) is 4.39. The maximum Gasteiger partial charge on any atom is 0.220 e. The molecule has 0 aliphatic heterocycles. The molecule has 0 spiro atoms. The second-order valence-corrected chi connectivity index (χ2v) is 7.16. The van der Waals surface area contributed by atoms with Crippen LogP contribution in [0.2, 0.25) is 5.02 Å². The molecule has 1 unspecified atom stereocenters. The topological polar surface area (TPSA) is 56.8 Å². The van der Waals surface area contributed by atoms with Crippen LogP contribution in [0.25, 0.3) is 0 Å². The van der Waals surface area contributed by atoms with Gasteiger partial charge in [0.25, 0.3) is 0 Å². The first-order chi connectivity index (χ1) is 13.9. The van der Waals surface area contributed by atoms with E-state index in [1.807, 2.05) is 58.0 Å². The fraction of sp³-hybridized carbons (Fsp3) is 0.435. The van der Waals surface area contributed by atoms with Crippen LogP contribution in [0.15, 0.2) is 36.4 Å². The van der Waals surface area contributed by atoms with Crippen LogP contribution in [0.4, 0.5) is 0 Å². The van der Waals surface area contributed by atoms with Crippen molar-refractivity contribution in [2.24, 2.45) is 0 Å². The molecule has 0 aliphatic rings. The standard InChI is InChI=1S/C23H30ClNO4/c1-5-27-21-11-9-18(15-22(21)28-6-2)17(4)25-23(26)8-7-13-29-20-12-10-19(24)14-16(20)3/h9-12,14-15,17H,5-8,13H2,1-4H3,(H,25,26). The zero-order chi connectivity index (χ0) is 21.2. The summed E-state index contributed by atoms with van der Waals surface area (Å²) in [5.74, 6) is 2.19. The number of halogens is 1. The Morgan fingerprint density at radius 2 is 1.69 bits per heavy atom. The lowest BCUT2D eigenvalue weighted by Gasteiger charge is -2.17. The molecule has 2 rings (SSSR count). The molecule has 0 saturated carbocycles. The quantitative estimate of drug-likeness (QED) is 0.490. The van der Waals surface area contributed by atoms with Gasteiger partial charge in [-0.25, -0.2) is 0 Å². The Bertz CT molecular complexity index is 809. The maximum absolute atomic E-state index is 12.3. The van der Waals surface area contributed by atoms with Gasteiger partial charge in [-0.3, -0.25) is 4.79 Å². The second-order valence-electron chi connectivity index (χ2n) is 6.72.